The largest absolute Gasteiger partial charge is 0.480 e. The lowest BCUT2D eigenvalue weighted by Gasteiger charge is -2.16. The standard InChI is InChI=1S/C15H16ClN3O3/c1-9(2)17-14-15(22)19(8-11(20)21)12(13(16)18-14)10-6-4-3-5-7-10/h3-7,9H,8H2,1-2H3,(H,17,18)(H,20,21). The zero-order chi connectivity index (χ0) is 16.3. The predicted molar refractivity (Wildman–Crippen MR) is 85.3 cm³/mol. The molecule has 0 atom stereocenters. The lowest BCUT2D eigenvalue weighted by molar-refractivity contribution is -0.137. The van der Waals surface area contributed by atoms with E-state index in [4.69, 9.17) is 16.7 Å². The number of halogens is 1. The van der Waals surface area contributed by atoms with Crippen LogP contribution in [0.5, 0.6) is 0 Å². The van der Waals surface area contributed by atoms with E-state index in [9.17, 15) is 9.59 Å². The number of rotatable bonds is 5. The summed E-state index contributed by atoms with van der Waals surface area (Å²) >= 11 is 6.20. The fourth-order valence-corrected chi connectivity index (χ4v) is 2.36. The van der Waals surface area contributed by atoms with Crippen molar-refractivity contribution in [1.29, 1.82) is 0 Å². The highest BCUT2D eigenvalue weighted by molar-refractivity contribution is 6.32. The first-order valence-electron chi connectivity index (χ1n) is 6.74. The number of hydrogen-bond acceptors (Lipinski definition) is 4. The van der Waals surface area contributed by atoms with Crippen LogP contribution in [0.1, 0.15) is 13.8 Å². The molecule has 6 nitrogen and oxygen atoms in total. The Balaban J connectivity index is 2.69. The van der Waals surface area contributed by atoms with Gasteiger partial charge in [-0.2, -0.15) is 0 Å². The summed E-state index contributed by atoms with van der Waals surface area (Å²) in [6, 6.07) is 8.84. The quantitative estimate of drug-likeness (QED) is 0.883. The van der Waals surface area contributed by atoms with Crippen molar-refractivity contribution in [3.8, 4) is 11.3 Å². The van der Waals surface area contributed by atoms with E-state index < -0.39 is 18.1 Å². The zero-order valence-electron chi connectivity index (χ0n) is 12.2. The second-order valence-electron chi connectivity index (χ2n) is 5.05. The van der Waals surface area contributed by atoms with Gasteiger partial charge < -0.3 is 10.4 Å². The van der Waals surface area contributed by atoms with Gasteiger partial charge in [0.1, 0.15) is 6.54 Å². The van der Waals surface area contributed by atoms with Gasteiger partial charge in [0.2, 0.25) is 0 Å². The first-order chi connectivity index (χ1) is 10.4. The molecule has 1 aromatic heterocycles. The van der Waals surface area contributed by atoms with Crippen LogP contribution >= 0.6 is 11.6 Å². The van der Waals surface area contributed by atoms with Crippen LogP contribution in [-0.4, -0.2) is 26.7 Å². The molecular formula is C15H16ClN3O3. The molecule has 1 heterocycles. The van der Waals surface area contributed by atoms with Gasteiger partial charge in [0.25, 0.3) is 5.56 Å². The van der Waals surface area contributed by atoms with Gasteiger partial charge in [-0.15, -0.1) is 0 Å². The van der Waals surface area contributed by atoms with E-state index in [1.165, 1.54) is 0 Å². The average Bonchev–Trinajstić information content (AvgIpc) is 2.44. The summed E-state index contributed by atoms with van der Waals surface area (Å²) in [6.07, 6.45) is 0. The maximum absolute atomic E-state index is 12.5. The number of carbonyl (C=O) groups is 1. The monoisotopic (exact) mass is 321 g/mol. The molecule has 0 aliphatic heterocycles. The third-order valence-electron chi connectivity index (χ3n) is 2.89. The second-order valence-corrected chi connectivity index (χ2v) is 5.41. The maximum atomic E-state index is 12.5. The Morgan fingerprint density at radius 3 is 2.55 bits per heavy atom. The number of carboxylic acids is 1. The number of nitrogens with zero attached hydrogens (tertiary/aromatic N) is 2. The summed E-state index contributed by atoms with van der Waals surface area (Å²) in [4.78, 5) is 27.7. The summed E-state index contributed by atoms with van der Waals surface area (Å²) in [5.41, 5.74) is 0.415. The minimum atomic E-state index is -1.13. The molecule has 0 aliphatic rings. The number of aliphatic carboxylic acids is 1. The Bertz CT molecular complexity index is 742. The van der Waals surface area contributed by atoms with Crippen molar-refractivity contribution >= 4 is 23.4 Å². The molecule has 2 N–H and O–H groups in total. The summed E-state index contributed by atoms with van der Waals surface area (Å²) in [5, 5.41) is 12.0. The molecule has 0 saturated heterocycles. The number of benzene rings is 1. The smallest absolute Gasteiger partial charge is 0.323 e. The molecule has 7 heteroatoms. The molecule has 0 saturated carbocycles. The van der Waals surface area contributed by atoms with Crippen LogP contribution < -0.4 is 10.9 Å². The predicted octanol–water partition coefficient (Wildman–Crippen LogP) is 2.47. The molecule has 2 aromatic rings. The number of anilines is 1. The highest BCUT2D eigenvalue weighted by atomic mass is 35.5. The minimum Gasteiger partial charge on any atom is -0.480 e. The Labute approximate surface area is 132 Å². The molecule has 0 spiro atoms. The van der Waals surface area contributed by atoms with Gasteiger partial charge in [-0.1, -0.05) is 41.9 Å². The van der Waals surface area contributed by atoms with E-state index in [0.717, 1.165) is 4.57 Å². The fraction of sp³-hybridized carbons (Fsp3) is 0.267. The van der Waals surface area contributed by atoms with Gasteiger partial charge in [0.15, 0.2) is 11.0 Å². The van der Waals surface area contributed by atoms with Crippen molar-refractivity contribution in [2.75, 3.05) is 5.32 Å². The molecule has 22 heavy (non-hydrogen) atoms. The Kier molecular flexibility index (Phi) is 4.82. The number of hydrogen-bond donors (Lipinski definition) is 2. The van der Waals surface area contributed by atoms with E-state index in [1.807, 2.05) is 19.9 Å². The van der Waals surface area contributed by atoms with Crippen LogP contribution in [0.25, 0.3) is 11.3 Å². The summed E-state index contributed by atoms with van der Waals surface area (Å²) in [5.74, 6) is -1.09. The van der Waals surface area contributed by atoms with Crippen LogP contribution in [-0.2, 0) is 11.3 Å². The molecule has 0 amide bonds. The van der Waals surface area contributed by atoms with Crippen LogP contribution in [0, 0.1) is 0 Å². The van der Waals surface area contributed by atoms with Crippen LogP contribution in [0.3, 0.4) is 0 Å². The van der Waals surface area contributed by atoms with E-state index in [2.05, 4.69) is 10.3 Å². The van der Waals surface area contributed by atoms with Crippen molar-refractivity contribution in [2.24, 2.45) is 0 Å². The lowest BCUT2D eigenvalue weighted by atomic mass is 10.1. The van der Waals surface area contributed by atoms with Crippen molar-refractivity contribution in [3.63, 3.8) is 0 Å². The molecule has 116 valence electrons. The zero-order valence-corrected chi connectivity index (χ0v) is 13.0. The van der Waals surface area contributed by atoms with E-state index in [0.29, 0.717) is 11.3 Å². The molecule has 0 bridgehead atoms. The van der Waals surface area contributed by atoms with Crippen molar-refractivity contribution in [2.45, 2.75) is 26.4 Å². The molecule has 0 unspecified atom stereocenters. The first kappa shape index (κ1) is 16.0. The highest BCUT2D eigenvalue weighted by Crippen LogP contribution is 2.26. The summed E-state index contributed by atoms with van der Waals surface area (Å²) in [7, 11) is 0. The second kappa shape index (κ2) is 6.62. The summed E-state index contributed by atoms with van der Waals surface area (Å²) in [6.45, 7) is 3.21. The normalized spacial score (nSPS) is 10.7. The molecule has 1 aromatic carbocycles. The van der Waals surface area contributed by atoms with Crippen LogP contribution in [0.4, 0.5) is 5.82 Å². The number of carboxylic acid groups (broad SMARTS) is 1. The van der Waals surface area contributed by atoms with E-state index in [1.54, 1.807) is 24.3 Å². The van der Waals surface area contributed by atoms with Gasteiger partial charge in [0, 0.05) is 11.6 Å². The minimum absolute atomic E-state index is 0.0304. The van der Waals surface area contributed by atoms with E-state index >= 15 is 0 Å². The van der Waals surface area contributed by atoms with Crippen molar-refractivity contribution < 1.29 is 9.90 Å². The number of nitrogens with one attached hydrogen (secondary N) is 1. The first-order valence-corrected chi connectivity index (χ1v) is 7.12. The average molecular weight is 322 g/mol. The Hall–Kier alpha value is -2.34. The van der Waals surface area contributed by atoms with Crippen molar-refractivity contribution in [1.82, 2.24) is 9.55 Å². The van der Waals surface area contributed by atoms with Gasteiger partial charge >= 0.3 is 5.97 Å². The summed E-state index contributed by atoms with van der Waals surface area (Å²) < 4.78 is 1.12. The molecule has 0 fully saturated rings. The van der Waals surface area contributed by atoms with Gasteiger partial charge in [0.05, 0.1) is 5.69 Å². The van der Waals surface area contributed by atoms with Crippen molar-refractivity contribution in [3.05, 3.63) is 45.8 Å². The Morgan fingerprint density at radius 2 is 2.00 bits per heavy atom. The third kappa shape index (κ3) is 3.46. The van der Waals surface area contributed by atoms with E-state index in [-0.39, 0.29) is 17.0 Å². The lowest BCUT2D eigenvalue weighted by Crippen LogP contribution is -2.31. The highest BCUT2D eigenvalue weighted by Gasteiger charge is 2.19. The topological polar surface area (TPSA) is 84.2 Å². The third-order valence-corrected chi connectivity index (χ3v) is 3.15. The molecule has 2 rings (SSSR count). The molecule has 0 radical (unpaired) electrons. The SMILES string of the molecule is CC(C)Nc1nc(Cl)c(-c2ccccc2)n(CC(=O)O)c1=O. The fourth-order valence-electron chi connectivity index (χ4n) is 2.06. The van der Waals surface area contributed by atoms with Crippen LogP contribution in [0.2, 0.25) is 5.15 Å². The van der Waals surface area contributed by atoms with Gasteiger partial charge in [-0.05, 0) is 13.8 Å². The number of aromatic nitrogens is 2. The maximum Gasteiger partial charge on any atom is 0.323 e. The Morgan fingerprint density at radius 1 is 1.36 bits per heavy atom. The molecular weight excluding hydrogens is 306 g/mol. The molecule has 0 aliphatic carbocycles. The van der Waals surface area contributed by atoms with Gasteiger partial charge in [-0.3, -0.25) is 14.2 Å². The van der Waals surface area contributed by atoms with Crippen LogP contribution in [0.15, 0.2) is 35.1 Å². The van der Waals surface area contributed by atoms with Gasteiger partial charge in [-0.25, -0.2) is 4.98 Å².